The number of amides is 1. The van der Waals surface area contributed by atoms with Gasteiger partial charge in [-0.05, 0) is 37.1 Å². The molecule has 3 rings (SSSR count). The molecule has 138 valence electrons. The van der Waals surface area contributed by atoms with Gasteiger partial charge in [0, 0.05) is 6.54 Å². The lowest BCUT2D eigenvalue weighted by Crippen LogP contribution is -2.46. The summed E-state index contributed by atoms with van der Waals surface area (Å²) >= 11 is 0. The number of methoxy groups -OCH3 is 1. The van der Waals surface area contributed by atoms with Gasteiger partial charge in [-0.15, -0.1) is 0 Å². The average molecular weight is 361 g/mol. The number of nitrogens with zero attached hydrogens (tertiary/aromatic N) is 3. The quantitative estimate of drug-likeness (QED) is 0.784. The number of piperidine rings is 1. The normalized spacial score (nSPS) is 16.8. The summed E-state index contributed by atoms with van der Waals surface area (Å²) in [5, 5.41) is 0. The molecule has 1 aliphatic rings. The molecule has 8 heteroatoms. The Morgan fingerprint density at radius 3 is 2.62 bits per heavy atom. The summed E-state index contributed by atoms with van der Waals surface area (Å²) in [5.74, 6) is 0.689. The van der Waals surface area contributed by atoms with Crippen molar-refractivity contribution in [1.29, 1.82) is 0 Å². The van der Waals surface area contributed by atoms with Crippen molar-refractivity contribution in [3.8, 4) is 17.5 Å². The van der Waals surface area contributed by atoms with Crippen LogP contribution >= 0.6 is 0 Å². The summed E-state index contributed by atoms with van der Waals surface area (Å²) in [4.78, 5) is 21.6. The number of carbonyl (C=O) groups is 1. The zero-order valence-corrected chi connectivity index (χ0v) is 14.4. The van der Waals surface area contributed by atoms with Crippen molar-refractivity contribution >= 4 is 5.91 Å². The van der Waals surface area contributed by atoms with Gasteiger partial charge in [0.05, 0.1) is 26.0 Å². The number of hydrogen-bond donors (Lipinski definition) is 0. The maximum atomic E-state index is 12.8. The first-order valence-corrected chi connectivity index (χ1v) is 8.33. The third-order valence-electron chi connectivity index (χ3n) is 4.02. The van der Waals surface area contributed by atoms with Gasteiger partial charge in [-0.3, -0.25) is 4.79 Å². The predicted molar refractivity (Wildman–Crippen MR) is 90.7 cm³/mol. The van der Waals surface area contributed by atoms with Crippen molar-refractivity contribution in [1.82, 2.24) is 14.9 Å². The number of ether oxygens (including phenoxy) is 3. The van der Waals surface area contributed by atoms with E-state index in [1.165, 1.54) is 0 Å². The molecule has 1 saturated heterocycles. The fraction of sp³-hybridized carbons (Fsp3) is 0.389. The molecule has 0 saturated carbocycles. The maximum Gasteiger partial charge on any atom is 0.316 e. The van der Waals surface area contributed by atoms with Gasteiger partial charge < -0.3 is 19.1 Å². The first kappa shape index (κ1) is 17.9. The second-order valence-corrected chi connectivity index (χ2v) is 5.87. The van der Waals surface area contributed by atoms with E-state index in [9.17, 15) is 9.18 Å². The molecular weight excluding hydrogens is 341 g/mol. The van der Waals surface area contributed by atoms with Crippen molar-refractivity contribution < 1.29 is 23.4 Å². The van der Waals surface area contributed by atoms with Crippen molar-refractivity contribution in [3.63, 3.8) is 0 Å². The lowest BCUT2D eigenvalue weighted by Gasteiger charge is -2.32. The number of carbonyl (C=O) groups excluding carboxylic acids is 1. The van der Waals surface area contributed by atoms with E-state index in [-0.39, 0.29) is 24.6 Å². The van der Waals surface area contributed by atoms with E-state index in [2.05, 4.69) is 9.97 Å². The van der Waals surface area contributed by atoms with Crippen molar-refractivity contribution in [2.75, 3.05) is 26.8 Å². The highest BCUT2D eigenvalue weighted by Gasteiger charge is 2.25. The molecule has 1 unspecified atom stereocenters. The molecule has 2 heterocycles. The van der Waals surface area contributed by atoms with Crippen LogP contribution in [-0.2, 0) is 4.79 Å². The largest absolute Gasteiger partial charge is 0.497 e. The Morgan fingerprint density at radius 1 is 1.23 bits per heavy atom. The Hall–Kier alpha value is -2.90. The minimum atomic E-state index is -0.520. The van der Waals surface area contributed by atoms with Gasteiger partial charge in [0.15, 0.2) is 12.4 Å². The second-order valence-electron chi connectivity index (χ2n) is 5.87. The Bertz CT molecular complexity index is 724. The highest BCUT2D eigenvalue weighted by Crippen LogP contribution is 2.18. The molecule has 0 aliphatic carbocycles. The van der Waals surface area contributed by atoms with Gasteiger partial charge in [0.25, 0.3) is 5.91 Å². The molecule has 1 amide bonds. The Balaban J connectivity index is 1.49. The molecule has 0 spiro atoms. The van der Waals surface area contributed by atoms with Crippen LogP contribution in [0.4, 0.5) is 4.39 Å². The zero-order valence-electron chi connectivity index (χ0n) is 14.4. The second kappa shape index (κ2) is 8.46. The lowest BCUT2D eigenvalue weighted by atomic mass is 10.1. The van der Waals surface area contributed by atoms with Crippen LogP contribution in [0, 0.1) is 5.82 Å². The highest BCUT2D eigenvalue weighted by atomic mass is 19.1. The molecule has 1 aromatic heterocycles. The van der Waals surface area contributed by atoms with Crippen LogP contribution in [0.25, 0.3) is 0 Å². The zero-order chi connectivity index (χ0) is 18.4. The number of benzene rings is 1. The van der Waals surface area contributed by atoms with Crippen LogP contribution in [0.3, 0.4) is 0 Å². The maximum absolute atomic E-state index is 12.8. The minimum absolute atomic E-state index is 0.0495. The Labute approximate surface area is 150 Å². The van der Waals surface area contributed by atoms with Gasteiger partial charge in [-0.2, -0.15) is 0 Å². The summed E-state index contributed by atoms with van der Waals surface area (Å²) in [7, 11) is 1.59. The molecule has 26 heavy (non-hydrogen) atoms. The van der Waals surface area contributed by atoms with Gasteiger partial charge >= 0.3 is 6.01 Å². The van der Waals surface area contributed by atoms with E-state index in [1.807, 2.05) is 0 Å². The van der Waals surface area contributed by atoms with Crippen LogP contribution in [0.5, 0.6) is 17.5 Å². The average Bonchev–Trinajstić information content (AvgIpc) is 2.68. The fourth-order valence-electron chi connectivity index (χ4n) is 2.68. The number of halogens is 1. The van der Waals surface area contributed by atoms with Gasteiger partial charge in [0.1, 0.15) is 17.6 Å². The lowest BCUT2D eigenvalue weighted by molar-refractivity contribution is -0.136. The molecule has 1 aromatic carbocycles. The predicted octanol–water partition coefficient (Wildman–Crippen LogP) is 2.07. The van der Waals surface area contributed by atoms with Crippen LogP contribution in [0.1, 0.15) is 12.8 Å². The van der Waals surface area contributed by atoms with E-state index in [4.69, 9.17) is 14.2 Å². The van der Waals surface area contributed by atoms with Crippen LogP contribution in [0.15, 0.2) is 36.7 Å². The molecule has 1 aliphatic heterocycles. The smallest absolute Gasteiger partial charge is 0.316 e. The number of hydrogen-bond acceptors (Lipinski definition) is 6. The molecule has 7 nitrogen and oxygen atoms in total. The first-order chi connectivity index (χ1) is 12.6. The van der Waals surface area contributed by atoms with Gasteiger partial charge in [-0.25, -0.2) is 14.4 Å². The topological polar surface area (TPSA) is 73.8 Å². The minimum Gasteiger partial charge on any atom is -0.497 e. The third-order valence-corrected chi connectivity index (χ3v) is 4.02. The standard InChI is InChI=1S/C18H20FN3O4/c1-24-14-4-6-15(7-5-14)25-12-17(23)22-8-2-3-16(11-22)26-18-20-9-13(19)10-21-18/h4-7,9-10,16H,2-3,8,11-12H2,1H3. The molecule has 1 fully saturated rings. The summed E-state index contributed by atoms with van der Waals surface area (Å²) in [6.07, 6.45) is 3.47. The third kappa shape index (κ3) is 4.81. The molecule has 0 N–H and O–H groups in total. The molecule has 0 bridgehead atoms. The van der Waals surface area contributed by atoms with E-state index < -0.39 is 5.82 Å². The van der Waals surface area contributed by atoms with E-state index >= 15 is 0 Å². The monoisotopic (exact) mass is 361 g/mol. The van der Waals surface area contributed by atoms with Crippen molar-refractivity contribution in [2.45, 2.75) is 18.9 Å². The van der Waals surface area contributed by atoms with Crippen LogP contribution in [0.2, 0.25) is 0 Å². The van der Waals surface area contributed by atoms with E-state index in [0.717, 1.165) is 31.0 Å². The number of aromatic nitrogens is 2. The van der Waals surface area contributed by atoms with Crippen molar-refractivity contribution in [2.24, 2.45) is 0 Å². The Morgan fingerprint density at radius 2 is 1.92 bits per heavy atom. The summed E-state index contributed by atoms with van der Waals surface area (Å²) in [5.41, 5.74) is 0. The summed E-state index contributed by atoms with van der Waals surface area (Å²) in [6.45, 7) is 1.02. The number of rotatable bonds is 6. The molecule has 0 radical (unpaired) electrons. The van der Waals surface area contributed by atoms with Crippen molar-refractivity contribution in [3.05, 3.63) is 42.5 Å². The van der Waals surface area contributed by atoms with E-state index in [1.54, 1.807) is 36.3 Å². The number of likely N-dealkylation sites (tertiary alicyclic amines) is 1. The van der Waals surface area contributed by atoms with Crippen LogP contribution < -0.4 is 14.2 Å². The van der Waals surface area contributed by atoms with Gasteiger partial charge in [-0.1, -0.05) is 0 Å². The Kier molecular flexibility index (Phi) is 5.83. The van der Waals surface area contributed by atoms with Crippen LogP contribution in [-0.4, -0.2) is 53.7 Å². The summed E-state index contributed by atoms with van der Waals surface area (Å²) in [6, 6.07) is 7.15. The molecule has 1 atom stereocenters. The molecule has 2 aromatic rings. The molecular formula is C18H20FN3O4. The first-order valence-electron chi connectivity index (χ1n) is 8.33. The van der Waals surface area contributed by atoms with E-state index in [0.29, 0.717) is 18.8 Å². The SMILES string of the molecule is COc1ccc(OCC(=O)N2CCCC(Oc3ncc(F)cn3)C2)cc1. The van der Waals surface area contributed by atoms with Gasteiger partial charge in [0.2, 0.25) is 0 Å². The summed E-state index contributed by atoms with van der Waals surface area (Å²) < 4.78 is 29.1. The highest BCUT2D eigenvalue weighted by molar-refractivity contribution is 5.77. The fourth-order valence-corrected chi connectivity index (χ4v) is 2.68.